The van der Waals surface area contributed by atoms with E-state index in [1.807, 2.05) is 20.8 Å². The van der Waals surface area contributed by atoms with Gasteiger partial charge in [-0.1, -0.05) is 11.6 Å². The Morgan fingerprint density at radius 2 is 2.11 bits per heavy atom. The highest BCUT2D eigenvalue weighted by Crippen LogP contribution is 2.28. The maximum absolute atomic E-state index is 12.9. The number of hydrogen-bond donors (Lipinski definition) is 2. The molecule has 1 saturated heterocycles. The molecule has 2 aromatic rings. The van der Waals surface area contributed by atoms with Crippen molar-refractivity contribution in [1.82, 2.24) is 35.5 Å². The first-order valence-corrected chi connectivity index (χ1v) is 9.15. The fourth-order valence-electron chi connectivity index (χ4n) is 3.39. The number of hydrogen-bond acceptors (Lipinski definition) is 6. The van der Waals surface area contributed by atoms with Crippen LogP contribution in [-0.4, -0.2) is 65.5 Å². The Labute approximate surface area is 167 Å². The second-order valence-electron chi connectivity index (χ2n) is 7.47. The zero-order chi connectivity index (χ0) is 20.5. The molecule has 0 radical (unpaired) electrons. The Balaban J connectivity index is 1.77. The van der Waals surface area contributed by atoms with Crippen LogP contribution in [0.3, 0.4) is 0 Å². The molecule has 0 saturated carbocycles. The lowest BCUT2D eigenvalue weighted by Crippen LogP contribution is -2.57. The molecule has 2 heterocycles. The predicted octanol–water partition coefficient (Wildman–Crippen LogP) is 1.70. The van der Waals surface area contributed by atoms with E-state index in [1.54, 1.807) is 23.2 Å². The zero-order valence-electron chi connectivity index (χ0n) is 15.8. The lowest BCUT2D eigenvalue weighted by Gasteiger charge is -2.40. The van der Waals surface area contributed by atoms with Gasteiger partial charge in [-0.25, -0.2) is 14.5 Å². The molecule has 2 amide bonds. The van der Waals surface area contributed by atoms with Crippen molar-refractivity contribution in [3.05, 3.63) is 35.1 Å². The minimum atomic E-state index is -1.07. The SMILES string of the molecule is CC(C)(C)N1[C@H](C(=O)NCc2cc(Cl)ccc2-n2cnnn2)CCN1C(=O)O. The average molecular weight is 408 g/mol. The molecule has 1 aromatic carbocycles. The van der Waals surface area contributed by atoms with Crippen LogP contribution in [0.4, 0.5) is 4.79 Å². The molecule has 0 unspecified atom stereocenters. The van der Waals surface area contributed by atoms with Crippen molar-refractivity contribution >= 4 is 23.6 Å². The summed E-state index contributed by atoms with van der Waals surface area (Å²) in [5, 5.41) is 26.8. The number of carboxylic acid groups (broad SMARTS) is 1. The van der Waals surface area contributed by atoms with Gasteiger partial charge in [-0.3, -0.25) is 4.79 Å². The van der Waals surface area contributed by atoms with Gasteiger partial charge in [-0.2, -0.15) is 5.01 Å². The van der Waals surface area contributed by atoms with E-state index in [9.17, 15) is 14.7 Å². The van der Waals surface area contributed by atoms with Crippen LogP contribution in [0.1, 0.15) is 32.8 Å². The van der Waals surface area contributed by atoms with E-state index < -0.39 is 17.7 Å². The monoisotopic (exact) mass is 407 g/mol. The van der Waals surface area contributed by atoms with Crippen LogP contribution in [0.25, 0.3) is 5.69 Å². The van der Waals surface area contributed by atoms with Crippen molar-refractivity contribution in [2.24, 2.45) is 0 Å². The molecule has 1 fully saturated rings. The molecule has 1 aliphatic heterocycles. The number of tetrazole rings is 1. The summed E-state index contributed by atoms with van der Waals surface area (Å²) in [7, 11) is 0. The van der Waals surface area contributed by atoms with E-state index in [1.165, 1.54) is 16.0 Å². The van der Waals surface area contributed by atoms with Gasteiger partial charge in [0.05, 0.1) is 5.69 Å². The standard InChI is InChI=1S/C17H22ClN7O3/c1-17(2,3)25-14(6-7-24(25)16(27)28)15(26)19-9-11-8-12(18)4-5-13(11)23-10-20-21-22-23/h4-5,8,10,14H,6-7,9H2,1-3H3,(H,19,26)(H,27,28)/t14-/m0/s1. The Morgan fingerprint density at radius 3 is 2.71 bits per heavy atom. The molecule has 0 bridgehead atoms. The third-order valence-electron chi connectivity index (χ3n) is 4.47. The number of carbonyl (C=O) groups excluding carboxylic acids is 1. The van der Waals surface area contributed by atoms with Crippen LogP contribution >= 0.6 is 11.6 Å². The highest BCUT2D eigenvalue weighted by atomic mass is 35.5. The average Bonchev–Trinajstić information content (AvgIpc) is 3.28. The molecule has 28 heavy (non-hydrogen) atoms. The summed E-state index contributed by atoms with van der Waals surface area (Å²) in [6.45, 7) is 6.11. The molecule has 11 heteroatoms. The zero-order valence-corrected chi connectivity index (χ0v) is 16.6. The molecule has 1 aromatic heterocycles. The highest BCUT2D eigenvalue weighted by Gasteiger charge is 2.44. The lowest BCUT2D eigenvalue weighted by atomic mass is 10.0. The molecule has 1 aliphatic rings. The molecule has 0 spiro atoms. The highest BCUT2D eigenvalue weighted by molar-refractivity contribution is 6.30. The van der Waals surface area contributed by atoms with Crippen LogP contribution in [0.2, 0.25) is 5.02 Å². The fraction of sp³-hybridized carbons (Fsp3) is 0.471. The van der Waals surface area contributed by atoms with E-state index in [-0.39, 0.29) is 19.0 Å². The van der Waals surface area contributed by atoms with Crippen molar-refractivity contribution in [2.45, 2.75) is 45.3 Å². The molecule has 10 nitrogen and oxygen atoms in total. The third-order valence-corrected chi connectivity index (χ3v) is 4.71. The van der Waals surface area contributed by atoms with Crippen molar-refractivity contribution < 1.29 is 14.7 Å². The fourth-order valence-corrected chi connectivity index (χ4v) is 3.59. The molecular formula is C17H22ClN7O3. The van der Waals surface area contributed by atoms with E-state index in [0.717, 1.165) is 5.56 Å². The number of hydrazine groups is 1. The second-order valence-corrected chi connectivity index (χ2v) is 7.91. The van der Waals surface area contributed by atoms with Gasteiger partial charge < -0.3 is 10.4 Å². The van der Waals surface area contributed by atoms with Gasteiger partial charge in [0.1, 0.15) is 12.4 Å². The van der Waals surface area contributed by atoms with Gasteiger partial charge in [-0.05, 0) is 61.4 Å². The summed E-state index contributed by atoms with van der Waals surface area (Å²) in [6, 6.07) is 4.64. The number of nitrogens with one attached hydrogen (secondary N) is 1. The molecule has 3 rings (SSSR count). The summed E-state index contributed by atoms with van der Waals surface area (Å²) in [4.78, 5) is 24.4. The number of benzene rings is 1. The summed E-state index contributed by atoms with van der Waals surface area (Å²) >= 11 is 6.10. The minimum absolute atomic E-state index is 0.205. The van der Waals surface area contributed by atoms with Crippen molar-refractivity contribution in [1.29, 1.82) is 0 Å². The molecule has 0 aliphatic carbocycles. The van der Waals surface area contributed by atoms with Crippen molar-refractivity contribution in [3.63, 3.8) is 0 Å². The van der Waals surface area contributed by atoms with Crippen LogP contribution in [-0.2, 0) is 11.3 Å². The topological polar surface area (TPSA) is 116 Å². The number of nitrogens with zero attached hydrogens (tertiary/aromatic N) is 6. The quantitative estimate of drug-likeness (QED) is 0.792. The normalized spacial score (nSPS) is 17.7. The van der Waals surface area contributed by atoms with E-state index >= 15 is 0 Å². The second kappa shape index (κ2) is 7.72. The van der Waals surface area contributed by atoms with Crippen molar-refractivity contribution in [3.8, 4) is 5.69 Å². The van der Waals surface area contributed by atoms with Crippen LogP contribution in [0, 0.1) is 0 Å². The molecular weight excluding hydrogens is 386 g/mol. The van der Waals surface area contributed by atoms with Gasteiger partial charge >= 0.3 is 6.09 Å². The molecule has 2 N–H and O–H groups in total. The Hall–Kier alpha value is -2.72. The van der Waals surface area contributed by atoms with Gasteiger partial charge in [0.25, 0.3) is 0 Å². The molecule has 1 atom stereocenters. The van der Waals surface area contributed by atoms with E-state index in [4.69, 9.17) is 11.6 Å². The maximum Gasteiger partial charge on any atom is 0.422 e. The van der Waals surface area contributed by atoms with Crippen molar-refractivity contribution in [2.75, 3.05) is 6.54 Å². The van der Waals surface area contributed by atoms with E-state index in [0.29, 0.717) is 17.1 Å². The number of aromatic nitrogens is 4. The van der Waals surface area contributed by atoms with Crippen LogP contribution in [0.15, 0.2) is 24.5 Å². The van der Waals surface area contributed by atoms with Gasteiger partial charge in [0, 0.05) is 23.7 Å². The van der Waals surface area contributed by atoms with Gasteiger partial charge in [0.15, 0.2) is 0 Å². The Morgan fingerprint density at radius 1 is 1.36 bits per heavy atom. The lowest BCUT2D eigenvalue weighted by molar-refractivity contribution is -0.134. The Kier molecular flexibility index (Phi) is 5.52. The number of halogens is 1. The number of carbonyl (C=O) groups is 2. The first-order chi connectivity index (χ1) is 13.2. The minimum Gasteiger partial charge on any atom is -0.464 e. The van der Waals surface area contributed by atoms with E-state index in [2.05, 4.69) is 20.8 Å². The van der Waals surface area contributed by atoms with Gasteiger partial charge in [-0.15, -0.1) is 5.10 Å². The summed E-state index contributed by atoms with van der Waals surface area (Å²) in [5.41, 5.74) is 0.911. The summed E-state index contributed by atoms with van der Waals surface area (Å²) < 4.78 is 1.49. The largest absolute Gasteiger partial charge is 0.464 e. The first-order valence-electron chi connectivity index (χ1n) is 8.77. The van der Waals surface area contributed by atoms with Gasteiger partial charge in [0.2, 0.25) is 5.91 Å². The maximum atomic E-state index is 12.9. The smallest absolute Gasteiger partial charge is 0.422 e. The van der Waals surface area contributed by atoms with Crippen LogP contribution in [0.5, 0.6) is 0 Å². The third kappa shape index (κ3) is 4.07. The first kappa shape index (κ1) is 20.0. The Bertz CT molecular complexity index is 866. The number of amides is 2. The number of rotatable bonds is 4. The summed E-state index contributed by atoms with van der Waals surface area (Å²) in [5.74, 6) is -0.249. The van der Waals surface area contributed by atoms with Crippen LogP contribution < -0.4 is 5.32 Å². The summed E-state index contributed by atoms with van der Waals surface area (Å²) in [6.07, 6.45) is 0.809. The predicted molar refractivity (Wildman–Crippen MR) is 101 cm³/mol. The molecule has 150 valence electrons.